The predicted molar refractivity (Wildman–Crippen MR) is 104 cm³/mol. The van der Waals surface area contributed by atoms with Crippen molar-refractivity contribution >= 4 is 28.5 Å². The van der Waals surface area contributed by atoms with Crippen molar-refractivity contribution in [3.63, 3.8) is 0 Å². The third kappa shape index (κ3) is 4.09. The molecule has 0 radical (unpaired) electrons. The van der Waals surface area contributed by atoms with Gasteiger partial charge in [0.1, 0.15) is 5.82 Å². The van der Waals surface area contributed by atoms with Crippen LogP contribution in [-0.2, 0) is 11.3 Å². The van der Waals surface area contributed by atoms with E-state index in [2.05, 4.69) is 22.2 Å². The number of fused-ring (bicyclic) bond motifs is 1. The molecule has 7 heteroatoms. The van der Waals surface area contributed by atoms with Crippen molar-refractivity contribution in [1.29, 1.82) is 0 Å². The number of nitrogens with one attached hydrogen (secondary N) is 2. The normalized spacial score (nSPS) is 10.4. The molecule has 0 aliphatic carbocycles. The maximum atomic E-state index is 12.3. The Morgan fingerprint density at radius 1 is 1.07 bits per heavy atom. The highest BCUT2D eigenvalue weighted by Crippen LogP contribution is 2.19. The quantitative estimate of drug-likeness (QED) is 0.656. The van der Waals surface area contributed by atoms with Gasteiger partial charge in [-0.25, -0.2) is 4.79 Å². The second-order valence-corrected chi connectivity index (χ2v) is 5.76. The average Bonchev–Trinajstić information content (AvgIpc) is 2.69. The van der Waals surface area contributed by atoms with Gasteiger partial charge in [0.2, 0.25) is 5.91 Å². The van der Waals surface area contributed by atoms with Crippen molar-refractivity contribution in [3.8, 4) is 0 Å². The number of carbonyl (C=O) groups is 2. The monoisotopic (exact) mass is 362 g/mol. The Bertz CT molecular complexity index is 1060. The van der Waals surface area contributed by atoms with Crippen LogP contribution < -0.4 is 16.3 Å². The largest absolute Gasteiger partial charge is 0.350 e. The average molecular weight is 362 g/mol. The second kappa shape index (κ2) is 8.09. The smallest absolute Gasteiger partial charge is 0.343 e. The molecule has 0 aliphatic rings. The van der Waals surface area contributed by atoms with Crippen molar-refractivity contribution in [2.24, 2.45) is 0 Å². The van der Waals surface area contributed by atoms with Gasteiger partial charge in [-0.2, -0.15) is 4.98 Å². The fourth-order valence-electron chi connectivity index (χ4n) is 2.66. The highest BCUT2D eigenvalue weighted by Gasteiger charge is 2.13. The van der Waals surface area contributed by atoms with E-state index in [1.54, 1.807) is 60.7 Å². The summed E-state index contributed by atoms with van der Waals surface area (Å²) in [5, 5.41) is 5.76. The summed E-state index contributed by atoms with van der Waals surface area (Å²) in [6, 6.07) is 15.7. The molecule has 1 heterocycles. The van der Waals surface area contributed by atoms with E-state index >= 15 is 0 Å². The third-order valence-corrected chi connectivity index (χ3v) is 3.90. The number of allylic oxidation sites excluding steroid dienone is 1. The molecule has 1 aromatic heterocycles. The van der Waals surface area contributed by atoms with Crippen LogP contribution in [0.5, 0.6) is 0 Å². The molecule has 3 aromatic rings. The maximum absolute atomic E-state index is 12.3. The molecule has 0 aliphatic heterocycles. The third-order valence-electron chi connectivity index (χ3n) is 3.90. The molecule has 2 amide bonds. The summed E-state index contributed by atoms with van der Waals surface area (Å²) < 4.78 is 1.47. The molecule has 0 saturated carbocycles. The van der Waals surface area contributed by atoms with E-state index < -0.39 is 11.6 Å². The van der Waals surface area contributed by atoms with Crippen LogP contribution in [0.15, 0.2) is 72.0 Å². The van der Waals surface area contributed by atoms with Crippen LogP contribution in [0.4, 0.5) is 5.82 Å². The minimum Gasteiger partial charge on any atom is -0.343 e. The molecule has 3 rings (SSSR count). The van der Waals surface area contributed by atoms with Gasteiger partial charge in [-0.3, -0.25) is 14.2 Å². The number of anilines is 1. The molecule has 0 spiro atoms. The SMILES string of the molecule is C=CCn1c(=O)nc(NC(=O)CNC(=O)c2ccccc2)c2ccccc21. The van der Waals surface area contributed by atoms with E-state index in [4.69, 9.17) is 0 Å². The number of hydrogen-bond acceptors (Lipinski definition) is 4. The highest BCUT2D eigenvalue weighted by molar-refractivity contribution is 6.02. The van der Waals surface area contributed by atoms with Gasteiger partial charge in [0.15, 0.2) is 0 Å². The molecule has 0 atom stereocenters. The van der Waals surface area contributed by atoms with E-state index in [1.165, 1.54) is 4.57 Å². The number of hydrogen-bond donors (Lipinski definition) is 2. The lowest BCUT2D eigenvalue weighted by atomic mass is 10.2. The molecule has 2 N–H and O–H groups in total. The van der Waals surface area contributed by atoms with Crippen molar-refractivity contribution in [2.75, 3.05) is 11.9 Å². The Hall–Kier alpha value is -3.74. The molecule has 0 saturated heterocycles. The molecular weight excluding hydrogens is 344 g/mol. The van der Waals surface area contributed by atoms with E-state index in [9.17, 15) is 14.4 Å². The first-order chi connectivity index (χ1) is 13.1. The Morgan fingerprint density at radius 3 is 2.52 bits per heavy atom. The lowest BCUT2D eigenvalue weighted by Crippen LogP contribution is -2.34. The number of aromatic nitrogens is 2. The number of amides is 2. The van der Waals surface area contributed by atoms with E-state index in [1.807, 2.05) is 0 Å². The van der Waals surface area contributed by atoms with E-state index in [-0.39, 0.29) is 18.3 Å². The molecule has 0 unspecified atom stereocenters. The van der Waals surface area contributed by atoms with E-state index in [0.29, 0.717) is 23.0 Å². The topological polar surface area (TPSA) is 93.1 Å². The minimum absolute atomic E-state index is 0.162. The van der Waals surface area contributed by atoms with Crippen LogP contribution in [0.1, 0.15) is 10.4 Å². The summed E-state index contributed by atoms with van der Waals surface area (Å²) >= 11 is 0. The summed E-state index contributed by atoms with van der Waals surface area (Å²) in [7, 11) is 0. The summed E-state index contributed by atoms with van der Waals surface area (Å²) in [6.45, 7) is 3.72. The number of nitrogens with zero attached hydrogens (tertiary/aromatic N) is 2. The van der Waals surface area contributed by atoms with Gasteiger partial charge < -0.3 is 10.6 Å². The number of rotatable bonds is 6. The van der Waals surface area contributed by atoms with Gasteiger partial charge in [-0.05, 0) is 24.3 Å². The van der Waals surface area contributed by atoms with Gasteiger partial charge >= 0.3 is 5.69 Å². The Kier molecular flexibility index (Phi) is 5.41. The van der Waals surface area contributed by atoms with Gasteiger partial charge in [0.05, 0.1) is 12.1 Å². The molecule has 136 valence electrons. The molecule has 7 nitrogen and oxygen atoms in total. The van der Waals surface area contributed by atoms with Gasteiger partial charge in [-0.1, -0.05) is 36.4 Å². The van der Waals surface area contributed by atoms with Crippen LogP contribution in [0.25, 0.3) is 10.9 Å². The zero-order valence-corrected chi connectivity index (χ0v) is 14.5. The Morgan fingerprint density at radius 2 is 1.78 bits per heavy atom. The number of carbonyl (C=O) groups excluding carboxylic acids is 2. The first-order valence-corrected chi connectivity index (χ1v) is 8.33. The fourth-order valence-corrected chi connectivity index (χ4v) is 2.66. The lowest BCUT2D eigenvalue weighted by molar-refractivity contribution is -0.115. The first kappa shape index (κ1) is 18.1. The number of para-hydroxylation sites is 1. The summed E-state index contributed by atoms with van der Waals surface area (Å²) in [5.74, 6) is -0.669. The summed E-state index contributed by atoms with van der Waals surface area (Å²) in [6.07, 6.45) is 1.60. The minimum atomic E-state index is -0.489. The number of benzene rings is 2. The van der Waals surface area contributed by atoms with Gasteiger partial charge in [-0.15, -0.1) is 6.58 Å². The molecule has 27 heavy (non-hydrogen) atoms. The van der Waals surface area contributed by atoms with Crippen LogP contribution in [-0.4, -0.2) is 27.9 Å². The first-order valence-electron chi connectivity index (χ1n) is 8.33. The van der Waals surface area contributed by atoms with Crippen molar-refractivity contribution in [3.05, 3.63) is 83.3 Å². The van der Waals surface area contributed by atoms with Crippen LogP contribution >= 0.6 is 0 Å². The summed E-state index contributed by atoms with van der Waals surface area (Å²) in [4.78, 5) is 40.5. The summed E-state index contributed by atoms with van der Waals surface area (Å²) in [5.41, 5.74) is 0.610. The van der Waals surface area contributed by atoms with Crippen molar-refractivity contribution < 1.29 is 9.59 Å². The van der Waals surface area contributed by atoms with Crippen LogP contribution in [0.3, 0.4) is 0 Å². The zero-order chi connectivity index (χ0) is 19.2. The fraction of sp³-hybridized carbons (Fsp3) is 0.100. The van der Waals surface area contributed by atoms with Crippen molar-refractivity contribution in [1.82, 2.24) is 14.9 Å². The van der Waals surface area contributed by atoms with Gasteiger partial charge in [0.25, 0.3) is 5.91 Å². The van der Waals surface area contributed by atoms with Crippen LogP contribution in [0.2, 0.25) is 0 Å². The Balaban J connectivity index is 1.77. The maximum Gasteiger partial charge on any atom is 0.350 e. The second-order valence-electron chi connectivity index (χ2n) is 5.76. The molecule has 2 aromatic carbocycles. The molecule has 0 bridgehead atoms. The predicted octanol–water partition coefficient (Wildman–Crippen LogP) is 1.95. The van der Waals surface area contributed by atoms with Crippen molar-refractivity contribution in [2.45, 2.75) is 6.54 Å². The zero-order valence-electron chi connectivity index (χ0n) is 14.5. The van der Waals surface area contributed by atoms with Crippen LogP contribution in [0, 0.1) is 0 Å². The molecule has 0 fully saturated rings. The van der Waals surface area contributed by atoms with E-state index in [0.717, 1.165) is 0 Å². The van der Waals surface area contributed by atoms with Gasteiger partial charge in [0, 0.05) is 17.5 Å². The standard InChI is InChI=1S/C20H18N4O3/c1-2-12-24-16-11-7-6-10-15(16)18(23-20(24)27)22-17(25)13-21-19(26)14-8-4-3-5-9-14/h2-11H,1,12-13H2,(H,21,26)(H,22,23,25,27). The highest BCUT2D eigenvalue weighted by atomic mass is 16.2. The lowest BCUT2D eigenvalue weighted by Gasteiger charge is -2.12. The Labute approximate surface area is 155 Å². The molecular formula is C20H18N4O3.